The maximum atomic E-state index is 13.2. The van der Waals surface area contributed by atoms with Crippen molar-refractivity contribution < 1.29 is 22.3 Å². The molecule has 2 aromatic rings. The Labute approximate surface area is 113 Å². The molecule has 0 aromatic carbocycles. The molecular weight excluding hydrogens is 308 g/mol. The predicted octanol–water partition coefficient (Wildman–Crippen LogP) is 3.93. The van der Waals surface area contributed by atoms with E-state index in [0.29, 0.717) is 17.5 Å². The van der Waals surface area contributed by atoms with Crippen LogP contribution in [0.15, 0.2) is 18.3 Å². The molecule has 0 fully saturated rings. The number of hydrogen-bond acceptors (Lipinski definition) is 4. The van der Waals surface area contributed by atoms with E-state index < -0.39 is 16.9 Å². The van der Waals surface area contributed by atoms with E-state index in [4.69, 9.17) is 16.3 Å². The van der Waals surface area contributed by atoms with E-state index in [2.05, 4.69) is 9.97 Å². The molecule has 2 rings (SSSR count). The Morgan fingerprint density at radius 2 is 2.05 bits per heavy atom. The number of hydrogen-bond donors (Lipinski definition) is 0. The number of ether oxygens (including phenoxy) is 1. The first-order chi connectivity index (χ1) is 8.86. The van der Waals surface area contributed by atoms with Gasteiger partial charge in [-0.25, -0.2) is 9.37 Å². The van der Waals surface area contributed by atoms with Crippen molar-refractivity contribution in [1.82, 2.24) is 9.97 Å². The number of pyridine rings is 1. The SMILES string of the molecule is Fc1ccc(Cl)nc1OCc1ncc(C(F)(F)F)s1. The molecule has 0 spiro atoms. The van der Waals surface area contributed by atoms with Gasteiger partial charge in [-0.1, -0.05) is 11.6 Å². The summed E-state index contributed by atoms with van der Waals surface area (Å²) < 4.78 is 55.1. The first-order valence-electron chi connectivity index (χ1n) is 4.83. The number of aromatic nitrogens is 2. The highest BCUT2D eigenvalue weighted by atomic mass is 35.5. The van der Waals surface area contributed by atoms with Crippen LogP contribution in [0.4, 0.5) is 17.6 Å². The Morgan fingerprint density at radius 1 is 1.32 bits per heavy atom. The lowest BCUT2D eigenvalue weighted by Gasteiger charge is -2.04. The van der Waals surface area contributed by atoms with Crippen LogP contribution in [0.2, 0.25) is 5.15 Å². The minimum Gasteiger partial charge on any atom is -0.468 e. The zero-order chi connectivity index (χ0) is 14.0. The molecule has 0 aliphatic heterocycles. The van der Waals surface area contributed by atoms with Gasteiger partial charge < -0.3 is 4.74 Å². The first kappa shape index (κ1) is 14.0. The van der Waals surface area contributed by atoms with Gasteiger partial charge in [0.2, 0.25) is 0 Å². The van der Waals surface area contributed by atoms with Crippen molar-refractivity contribution >= 4 is 22.9 Å². The Morgan fingerprint density at radius 3 is 2.68 bits per heavy atom. The molecule has 0 radical (unpaired) electrons. The fraction of sp³-hybridized carbons (Fsp3) is 0.200. The van der Waals surface area contributed by atoms with Crippen LogP contribution in [0.5, 0.6) is 5.88 Å². The van der Waals surface area contributed by atoms with Gasteiger partial charge in [0.1, 0.15) is 21.6 Å². The zero-order valence-electron chi connectivity index (χ0n) is 9.04. The summed E-state index contributed by atoms with van der Waals surface area (Å²) in [4.78, 5) is 6.26. The van der Waals surface area contributed by atoms with Gasteiger partial charge in [-0.15, -0.1) is 11.3 Å². The minimum absolute atomic E-state index is 0.0199. The number of halogens is 5. The van der Waals surface area contributed by atoms with Crippen LogP contribution in [0, 0.1) is 5.82 Å². The molecule has 102 valence electrons. The average molecular weight is 313 g/mol. The van der Waals surface area contributed by atoms with Crippen molar-refractivity contribution in [2.75, 3.05) is 0 Å². The largest absolute Gasteiger partial charge is 0.468 e. The molecule has 3 nitrogen and oxygen atoms in total. The standard InChI is InChI=1S/C10H5ClF4N2OS/c11-7-2-1-5(12)9(17-7)18-4-8-16-3-6(19-8)10(13,14)15/h1-3H,4H2. The Balaban J connectivity index is 2.06. The summed E-state index contributed by atoms with van der Waals surface area (Å²) in [6.07, 6.45) is -3.75. The molecule has 0 N–H and O–H groups in total. The third-order valence-corrected chi connectivity index (χ3v) is 3.17. The summed E-state index contributed by atoms with van der Waals surface area (Å²) >= 11 is 5.97. The van der Waals surface area contributed by atoms with E-state index in [0.717, 1.165) is 6.07 Å². The van der Waals surface area contributed by atoms with Gasteiger partial charge in [0.15, 0.2) is 5.82 Å². The fourth-order valence-corrected chi connectivity index (χ4v) is 1.98. The second-order valence-corrected chi connectivity index (χ2v) is 4.83. The van der Waals surface area contributed by atoms with Crippen LogP contribution in [-0.4, -0.2) is 9.97 Å². The Bertz CT molecular complexity index is 587. The molecule has 0 saturated heterocycles. The van der Waals surface area contributed by atoms with E-state index in [1.54, 1.807) is 0 Å². The lowest BCUT2D eigenvalue weighted by atomic mass is 10.5. The summed E-state index contributed by atoms with van der Waals surface area (Å²) in [7, 11) is 0. The highest BCUT2D eigenvalue weighted by Gasteiger charge is 2.33. The number of rotatable bonds is 3. The monoisotopic (exact) mass is 312 g/mol. The van der Waals surface area contributed by atoms with E-state index in [1.807, 2.05) is 0 Å². The maximum Gasteiger partial charge on any atom is 0.427 e. The van der Waals surface area contributed by atoms with Crippen molar-refractivity contribution in [3.8, 4) is 5.88 Å². The van der Waals surface area contributed by atoms with Gasteiger partial charge in [0, 0.05) is 0 Å². The molecule has 2 heterocycles. The zero-order valence-corrected chi connectivity index (χ0v) is 10.6. The normalized spacial score (nSPS) is 11.6. The fourth-order valence-electron chi connectivity index (χ4n) is 1.14. The molecule has 0 aliphatic carbocycles. The first-order valence-corrected chi connectivity index (χ1v) is 6.02. The third kappa shape index (κ3) is 3.54. The molecule has 9 heteroatoms. The summed E-state index contributed by atoms with van der Waals surface area (Å²) in [5.41, 5.74) is 0. The lowest BCUT2D eigenvalue weighted by Crippen LogP contribution is -2.01. The molecular formula is C10H5ClF4N2OS. The number of nitrogens with zero attached hydrogens (tertiary/aromatic N) is 2. The van der Waals surface area contributed by atoms with Crippen LogP contribution >= 0.6 is 22.9 Å². The van der Waals surface area contributed by atoms with Gasteiger partial charge in [0.05, 0.1) is 6.20 Å². The number of thiazole rings is 1. The molecule has 0 amide bonds. The maximum absolute atomic E-state index is 13.2. The molecule has 19 heavy (non-hydrogen) atoms. The smallest absolute Gasteiger partial charge is 0.427 e. The molecule has 0 unspecified atom stereocenters. The van der Waals surface area contributed by atoms with Gasteiger partial charge >= 0.3 is 6.18 Å². The predicted molar refractivity (Wildman–Crippen MR) is 60.7 cm³/mol. The van der Waals surface area contributed by atoms with Gasteiger partial charge in [0.25, 0.3) is 5.88 Å². The minimum atomic E-state index is -4.45. The average Bonchev–Trinajstić information content (AvgIpc) is 2.79. The van der Waals surface area contributed by atoms with E-state index in [9.17, 15) is 17.6 Å². The molecule has 0 bridgehead atoms. The summed E-state index contributed by atoms with van der Waals surface area (Å²) in [5, 5.41) is 0.0834. The Hall–Kier alpha value is -1.41. The summed E-state index contributed by atoms with van der Waals surface area (Å²) in [6.45, 7) is -0.314. The molecule has 0 aliphatic rings. The van der Waals surface area contributed by atoms with Crippen molar-refractivity contribution in [2.24, 2.45) is 0 Å². The number of alkyl halides is 3. The second kappa shape index (κ2) is 5.30. The van der Waals surface area contributed by atoms with Gasteiger partial charge in [-0.05, 0) is 12.1 Å². The molecule has 0 saturated carbocycles. The summed E-state index contributed by atoms with van der Waals surface area (Å²) in [6, 6.07) is 2.28. The van der Waals surface area contributed by atoms with Crippen LogP contribution < -0.4 is 4.74 Å². The third-order valence-electron chi connectivity index (χ3n) is 1.95. The van der Waals surface area contributed by atoms with Crippen LogP contribution in [0.25, 0.3) is 0 Å². The molecule has 2 aromatic heterocycles. The highest BCUT2D eigenvalue weighted by molar-refractivity contribution is 7.11. The van der Waals surface area contributed by atoms with E-state index in [1.165, 1.54) is 6.07 Å². The van der Waals surface area contributed by atoms with Crippen molar-refractivity contribution in [3.05, 3.63) is 39.2 Å². The van der Waals surface area contributed by atoms with Gasteiger partial charge in [-0.3, -0.25) is 0 Å². The van der Waals surface area contributed by atoms with E-state index >= 15 is 0 Å². The second-order valence-electron chi connectivity index (χ2n) is 3.33. The highest BCUT2D eigenvalue weighted by Crippen LogP contribution is 2.33. The van der Waals surface area contributed by atoms with Crippen molar-refractivity contribution in [3.63, 3.8) is 0 Å². The van der Waals surface area contributed by atoms with Crippen LogP contribution in [-0.2, 0) is 12.8 Å². The Kier molecular flexibility index (Phi) is 3.91. The molecule has 0 atom stereocenters. The van der Waals surface area contributed by atoms with Crippen LogP contribution in [0.1, 0.15) is 9.88 Å². The van der Waals surface area contributed by atoms with E-state index in [-0.39, 0.29) is 22.6 Å². The summed E-state index contributed by atoms with van der Waals surface area (Å²) in [5.74, 6) is -1.13. The topological polar surface area (TPSA) is 35.0 Å². The lowest BCUT2D eigenvalue weighted by molar-refractivity contribution is -0.134. The quantitative estimate of drug-likeness (QED) is 0.636. The van der Waals surface area contributed by atoms with Gasteiger partial charge in [-0.2, -0.15) is 18.2 Å². The van der Waals surface area contributed by atoms with Crippen molar-refractivity contribution in [1.29, 1.82) is 0 Å². The van der Waals surface area contributed by atoms with Crippen molar-refractivity contribution in [2.45, 2.75) is 12.8 Å². The van der Waals surface area contributed by atoms with Crippen LogP contribution in [0.3, 0.4) is 0 Å².